The number of halogens is 3. The lowest BCUT2D eigenvalue weighted by atomic mass is 10.1. The van der Waals surface area contributed by atoms with E-state index in [-0.39, 0.29) is 12.4 Å². The van der Waals surface area contributed by atoms with Crippen molar-refractivity contribution >= 4 is 40.5 Å². The molecule has 1 saturated heterocycles. The highest BCUT2D eigenvalue weighted by atomic mass is 35.5. The third kappa shape index (κ3) is 5.46. The Hall–Kier alpha value is -2.81. The van der Waals surface area contributed by atoms with Crippen LogP contribution in [0.5, 0.6) is 11.5 Å². The summed E-state index contributed by atoms with van der Waals surface area (Å²) < 4.78 is 25.8. The Bertz CT molecular complexity index is 1160. The van der Waals surface area contributed by atoms with Gasteiger partial charge in [-0.15, -0.1) is 0 Å². The van der Waals surface area contributed by atoms with E-state index in [4.69, 9.17) is 32.7 Å². The lowest BCUT2D eigenvalue weighted by molar-refractivity contribution is 0.303. The summed E-state index contributed by atoms with van der Waals surface area (Å²) in [6.07, 6.45) is 3.05. The molecule has 0 aliphatic carbocycles. The molecule has 0 bridgehead atoms. The van der Waals surface area contributed by atoms with Crippen LogP contribution in [-0.4, -0.2) is 55.2 Å². The smallest absolute Gasteiger partial charge is 0.227 e. The molecule has 1 aliphatic rings. The van der Waals surface area contributed by atoms with Crippen molar-refractivity contribution < 1.29 is 13.9 Å². The number of hydrogen-bond acceptors (Lipinski definition) is 7. The van der Waals surface area contributed by atoms with E-state index in [0.29, 0.717) is 44.4 Å². The van der Waals surface area contributed by atoms with Gasteiger partial charge in [0.25, 0.3) is 0 Å². The molecule has 2 heterocycles. The fourth-order valence-electron chi connectivity index (χ4n) is 3.71. The zero-order valence-electron chi connectivity index (χ0n) is 19.2. The second kappa shape index (κ2) is 10.6. The van der Waals surface area contributed by atoms with Crippen molar-refractivity contribution in [3.8, 4) is 11.5 Å². The van der Waals surface area contributed by atoms with Crippen molar-refractivity contribution in [2.24, 2.45) is 0 Å². The maximum atomic E-state index is 14.7. The molecule has 1 N–H and O–H groups in total. The Balaban J connectivity index is 1.39. The van der Waals surface area contributed by atoms with Crippen molar-refractivity contribution in [2.45, 2.75) is 13.5 Å². The van der Waals surface area contributed by atoms with Gasteiger partial charge in [-0.2, -0.15) is 0 Å². The predicted molar refractivity (Wildman–Crippen MR) is 134 cm³/mol. The van der Waals surface area contributed by atoms with Crippen LogP contribution in [0.15, 0.2) is 36.7 Å². The Morgan fingerprint density at radius 3 is 2.41 bits per heavy atom. The zero-order valence-corrected chi connectivity index (χ0v) is 20.8. The van der Waals surface area contributed by atoms with Crippen molar-refractivity contribution in [1.29, 1.82) is 0 Å². The van der Waals surface area contributed by atoms with E-state index in [0.717, 1.165) is 31.7 Å². The zero-order chi connectivity index (χ0) is 24.2. The largest absolute Gasteiger partial charge is 0.495 e. The van der Waals surface area contributed by atoms with Gasteiger partial charge in [0, 0.05) is 37.4 Å². The molecule has 0 radical (unpaired) electrons. The summed E-state index contributed by atoms with van der Waals surface area (Å²) in [5.41, 5.74) is 2.63. The number of ether oxygens (including phenoxy) is 2. The van der Waals surface area contributed by atoms with Crippen LogP contribution in [0.25, 0.3) is 0 Å². The van der Waals surface area contributed by atoms with E-state index < -0.39 is 0 Å². The third-order valence-electron chi connectivity index (χ3n) is 5.72. The minimum Gasteiger partial charge on any atom is -0.495 e. The number of piperazine rings is 1. The average molecular weight is 506 g/mol. The van der Waals surface area contributed by atoms with Crippen molar-refractivity contribution in [3.05, 3.63) is 63.6 Å². The van der Waals surface area contributed by atoms with Gasteiger partial charge in [-0.1, -0.05) is 23.2 Å². The second-order valence-corrected chi connectivity index (χ2v) is 8.87. The van der Waals surface area contributed by atoms with Crippen molar-refractivity contribution in [2.75, 3.05) is 50.6 Å². The molecule has 34 heavy (non-hydrogen) atoms. The normalized spacial score (nSPS) is 14.2. The van der Waals surface area contributed by atoms with E-state index in [2.05, 4.69) is 32.1 Å². The fourth-order valence-corrected chi connectivity index (χ4v) is 4.24. The summed E-state index contributed by atoms with van der Waals surface area (Å²) in [6.45, 7) is 5.43. The van der Waals surface area contributed by atoms with Gasteiger partial charge in [-0.05, 0) is 43.8 Å². The first-order valence-electron chi connectivity index (χ1n) is 10.8. The number of hydrogen-bond donors (Lipinski definition) is 1. The minimum absolute atomic E-state index is 0.130. The lowest BCUT2D eigenvalue weighted by Crippen LogP contribution is -2.44. The van der Waals surface area contributed by atoms with Crippen LogP contribution in [0, 0.1) is 12.7 Å². The Kier molecular flexibility index (Phi) is 7.60. The van der Waals surface area contributed by atoms with Crippen LogP contribution < -0.4 is 19.7 Å². The van der Waals surface area contributed by atoms with E-state index in [1.807, 2.05) is 13.0 Å². The summed E-state index contributed by atoms with van der Waals surface area (Å²) >= 11 is 12.8. The van der Waals surface area contributed by atoms with E-state index in [1.165, 1.54) is 18.5 Å². The molecule has 0 amide bonds. The van der Waals surface area contributed by atoms with Crippen molar-refractivity contribution in [1.82, 2.24) is 14.9 Å². The molecule has 0 spiro atoms. The highest BCUT2D eigenvalue weighted by Gasteiger charge is 2.18. The quantitative estimate of drug-likeness (QED) is 0.466. The summed E-state index contributed by atoms with van der Waals surface area (Å²) in [5, 5.41) is 3.94. The molecular formula is C24H26Cl2FN5O2. The van der Waals surface area contributed by atoms with Gasteiger partial charge in [0.1, 0.15) is 18.2 Å². The SMILES string of the molecule is COc1cc(C)c(Cl)c(COc2cnc(Nc3ccc(N4CCN(C)CC4)c(F)c3)nc2)c1Cl. The minimum atomic E-state index is -0.281. The maximum absolute atomic E-state index is 14.7. The van der Waals surface area contributed by atoms with Crippen LogP contribution in [0.4, 0.5) is 21.7 Å². The molecule has 0 unspecified atom stereocenters. The highest BCUT2D eigenvalue weighted by molar-refractivity contribution is 6.37. The highest BCUT2D eigenvalue weighted by Crippen LogP contribution is 2.36. The monoisotopic (exact) mass is 505 g/mol. The van der Waals surface area contributed by atoms with Crippen LogP contribution in [-0.2, 0) is 6.61 Å². The average Bonchev–Trinajstić information content (AvgIpc) is 2.83. The van der Waals surface area contributed by atoms with Crippen LogP contribution in [0.1, 0.15) is 11.1 Å². The maximum Gasteiger partial charge on any atom is 0.227 e. The number of nitrogens with one attached hydrogen (secondary N) is 1. The number of nitrogens with zero attached hydrogens (tertiary/aromatic N) is 4. The molecule has 1 aliphatic heterocycles. The van der Waals surface area contributed by atoms with Gasteiger partial charge in [0.05, 0.1) is 35.2 Å². The molecule has 1 fully saturated rings. The molecule has 1 aromatic heterocycles. The van der Waals surface area contributed by atoms with Gasteiger partial charge in [-0.25, -0.2) is 14.4 Å². The van der Waals surface area contributed by atoms with Crippen molar-refractivity contribution in [3.63, 3.8) is 0 Å². The molecule has 7 nitrogen and oxygen atoms in total. The number of methoxy groups -OCH3 is 1. The Labute approximate surface area is 208 Å². The number of aromatic nitrogens is 2. The molecular weight excluding hydrogens is 480 g/mol. The van der Waals surface area contributed by atoms with Crippen LogP contribution in [0.3, 0.4) is 0 Å². The number of likely N-dealkylation sites (N-methyl/N-ethyl adjacent to an activating group) is 1. The van der Waals surface area contributed by atoms with E-state index in [9.17, 15) is 4.39 Å². The standard InChI is InChI=1S/C24H26Cl2FN5O2/c1-15-10-21(33-3)23(26)18(22(15)25)14-34-17-12-28-24(29-13-17)30-16-4-5-20(19(27)11-16)32-8-6-31(2)7-9-32/h4-5,10-13H,6-9,14H2,1-3H3,(H,28,29,30). The number of aryl methyl sites for hydroxylation is 1. The fraction of sp³-hybridized carbons (Fsp3) is 0.333. The van der Waals surface area contributed by atoms with Crippen LogP contribution in [0.2, 0.25) is 10.0 Å². The van der Waals surface area contributed by atoms with Gasteiger partial charge < -0.3 is 24.6 Å². The van der Waals surface area contributed by atoms with E-state index in [1.54, 1.807) is 19.2 Å². The number of anilines is 3. The lowest BCUT2D eigenvalue weighted by Gasteiger charge is -2.34. The molecule has 0 atom stereocenters. The van der Waals surface area contributed by atoms with Gasteiger partial charge in [0.15, 0.2) is 5.75 Å². The molecule has 10 heteroatoms. The molecule has 180 valence electrons. The molecule has 0 saturated carbocycles. The summed E-state index contributed by atoms with van der Waals surface area (Å²) in [6, 6.07) is 6.83. The van der Waals surface area contributed by atoms with Crippen LogP contribution >= 0.6 is 23.2 Å². The van der Waals surface area contributed by atoms with Gasteiger partial charge >= 0.3 is 0 Å². The first kappa shape index (κ1) is 24.3. The Morgan fingerprint density at radius 2 is 1.76 bits per heavy atom. The number of rotatable bonds is 7. The third-order valence-corrected chi connectivity index (χ3v) is 6.66. The second-order valence-electron chi connectivity index (χ2n) is 8.11. The molecule has 2 aromatic carbocycles. The summed E-state index contributed by atoms with van der Waals surface area (Å²) in [4.78, 5) is 12.8. The van der Waals surface area contributed by atoms with E-state index >= 15 is 0 Å². The number of benzene rings is 2. The predicted octanol–water partition coefficient (Wildman–Crippen LogP) is 5.31. The first-order valence-corrected chi connectivity index (χ1v) is 11.6. The molecule has 4 rings (SSSR count). The summed E-state index contributed by atoms with van der Waals surface area (Å²) in [7, 11) is 3.62. The topological polar surface area (TPSA) is 62.8 Å². The Morgan fingerprint density at radius 1 is 1.06 bits per heavy atom. The van der Waals surface area contributed by atoms with Gasteiger partial charge in [0.2, 0.25) is 5.95 Å². The van der Waals surface area contributed by atoms with Gasteiger partial charge in [-0.3, -0.25) is 0 Å². The first-order chi connectivity index (χ1) is 16.4. The summed E-state index contributed by atoms with van der Waals surface area (Å²) in [5.74, 6) is 1.02. The molecule has 3 aromatic rings.